The average molecular weight is 181 g/mol. The van der Waals surface area contributed by atoms with Crippen LogP contribution in [-0.2, 0) is 6.42 Å². The molecule has 0 spiro atoms. The van der Waals surface area contributed by atoms with E-state index < -0.39 is 0 Å². The van der Waals surface area contributed by atoms with Crippen LogP contribution in [0.2, 0.25) is 0 Å². The van der Waals surface area contributed by atoms with Gasteiger partial charge in [0.1, 0.15) is 0 Å². The molecule has 1 N–H and O–H groups in total. The van der Waals surface area contributed by atoms with Gasteiger partial charge < -0.3 is 5.32 Å². The van der Waals surface area contributed by atoms with Crippen molar-refractivity contribution in [1.82, 2.24) is 5.32 Å². The first-order valence-electron chi connectivity index (χ1n) is 4.67. The van der Waals surface area contributed by atoms with Crippen molar-refractivity contribution in [3.05, 3.63) is 22.4 Å². The summed E-state index contributed by atoms with van der Waals surface area (Å²) in [6, 6.07) is 2.21. The lowest BCUT2D eigenvalue weighted by Crippen LogP contribution is -2.19. The Labute approximate surface area is 77.8 Å². The van der Waals surface area contributed by atoms with Crippen LogP contribution in [0, 0.1) is 5.92 Å². The van der Waals surface area contributed by atoms with Gasteiger partial charge >= 0.3 is 0 Å². The van der Waals surface area contributed by atoms with Crippen molar-refractivity contribution in [3.8, 4) is 0 Å². The van der Waals surface area contributed by atoms with Crippen molar-refractivity contribution in [3.63, 3.8) is 0 Å². The van der Waals surface area contributed by atoms with E-state index in [1.807, 2.05) is 0 Å². The molecular formula is C10H15NS. The molecule has 1 fully saturated rings. The van der Waals surface area contributed by atoms with Crippen LogP contribution >= 0.6 is 11.3 Å². The van der Waals surface area contributed by atoms with Crippen molar-refractivity contribution in [2.45, 2.75) is 19.3 Å². The lowest BCUT2D eigenvalue weighted by molar-refractivity contribution is 0.638. The maximum absolute atomic E-state index is 3.49. The molecule has 0 atom stereocenters. The Bertz CT molecular complexity index is 214. The normalized spacial score (nSPS) is 16.7. The van der Waals surface area contributed by atoms with Crippen LogP contribution in [0.4, 0.5) is 0 Å². The van der Waals surface area contributed by atoms with Gasteiger partial charge in [0.15, 0.2) is 0 Å². The zero-order valence-corrected chi connectivity index (χ0v) is 8.07. The summed E-state index contributed by atoms with van der Waals surface area (Å²) in [6.07, 6.45) is 4.09. The van der Waals surface area contributed by atoms with E-state index in [0.29, 0.717) is 0 Å². The summed E-state index contributed by atoms with van der Waals surface area (Å²) >= 11 is 1.79. The fourth-order valence-electron chi connectivity index (χ4n) is 1.30. The molecule has 0 bridgehead atoms. The number of hydrogen-bond acceptors (Lipinski definition) is 2. The molecule has 0 unspecified atom stereocenters. The first kappa shape index (κ1) is 8.27. The standard InChI is InChI=1S/C10H15NS/c1-2-9(1)7-11-5-3-10-4-6-12-8-10/h4,6,8-9,11H,1-3,5,7H2. The second-order valence-electron chi connectivity index (χ2n) is 3.53. The summed E-state index contributed by atoms with van der Waals surface area (Å²) in [5.41, 5.74) is 1.48. The molecule has 1 aromatic rings. The molecule has 1 aliphatic rings. The summed E-state index contributed by atoms with van der Waals surface area (Å²) < 4.78 is 0. The van der Waals surface area contributed by atoms with Crippen LogP contribution in [0.1, 0.15) is 18.4 Å². The highest BCUT2D eigenvalue weighted by Crippen LogP contribution is 2.27. The molecule has 0 saturated heterocycles. The molecule has 0 aliphatic heterocycles. The van der Waals surface area contributed by atoms with E-state index in [1.165, 1.54) is 31.4 Å². The predicted octanol–water partition coefficient (Wildman–Crippen LogP) is 2.29. The van der Waals surface area contributed by atoms with Gasteiger partial charge in [-0.1, -0.05) is 0 Å². The van der Waals surface area contributed by atoms with Gasteiger partial charge in [-0.25, -0.2) is 0 Å². The lowest BCUT2D eigenvalue weighted by Gasteiger charge is -2.00. The largest absolute Gasteiger partial charge is 0.316 e. The number of nitrogens with one attached hydrogen (secondary N) is 1. The molecule has 12 heavy (non-hydrogen) atoms. The molecule has 2 rings (SSSR count). The summed E-state index contributed by atoms with van der Waals surface area (Å²) in [6.45, 7) is 2.39. The zero-order chi connectivity index (χ0) is 8.23. The molecule has 0 aromatic carbocycles. The molecule has 2 heteroatoms. The van der Waals surface area contributed by atoms with E-state index in [9.17, 15) is 0 Å². The quantitative estimate of drug-likeness (QED) is 0.687. The van der Waals surface area contributed by atoms with Gasteiger partial charge in [-0.15, -0.1) is 0 Å². The van der Waals surface area contributed by atoms with Crippen molar-refractivity contribution in [2.24, 2.45) is 5.92 Å². The Morgan fingerprint density at radius 2 is 2.42 bits per heavy atom. The Morgan fingerprint density at radius 3 is 3.08 bits per heavy atom. The minimum atomic E-state index is 1.01. The van der Waals surface area contributed by atoms with Crippen molar-refractivity contribution in [2.75, 3.05) is 13.1 Å². The summed E-state index contributed by atoms with van der Waals surface area (Å²) in [5.74, 6) is 1.01. The van der Waals surface area contributed by atoms with Crippen LogP contribution in [0.25, 0.3) is 0 Å². The number of rotatable bonds is 5. The van der Waals surface area contributed by atoms with E-state index >= 15 is 0 Å². The maximum atomic E-state index is 3.49. The third-order valence-corrected chi connectivity index (χ3v) is 3.03. The molecule has 1 aromatic heterocycles. The predicted molar refractivity (Wildman–Crippen MR) is 53.6 cm³/mol. The van der Waals surface area contributed by atoms with E-state index in [2.05, 4.69) is 22.1 Å². The summed E-state index contributed by atoms with van der Waals surface area (Å²) in [5, 5.41) is 7.87. The third kappa shape index (κ3) is 2.61. The highest BCUT2D eigenvalue weighted by atomic mass is 32.1. The summed E-state index contributed by atoms with van der Waals surface area (Å²) in [4.78, 5) is 0. The minimum absolute atomic E-state index is 1.01. The molecule has 1 saturated carbocycles. The highest BCUT2D eigenvalue weighted by molar-refractivity contribution is 7.07. The molecule has 0 amide bonds. The van der Waals surface area contributed by atoms with Crippen molar-refractivity contribution in [1.29, 1.82) is 0 Å². The summed E-state index contributed by atoms with van der Waals surface area (Å²) in [7, 11) is 0. The first-order valence-corrected chi connectivity index (χ1v) is 5.61. The number of hydrogen-bond donors (Lipinski definition) is 1. The Morgan fingerprint density at radius 1 is 1.50 bits per heavy atom. The highest BCUT2D eigenvalue weighted by Gasteiger charge is 2.19. The van der Waals surface area contributed by atoms with E-state index in [1.54, 1.807) is 11.3 Å². The van der Waals surface area contributed by atoms with Gasteiger partial charge in [0, 0.05) is 0 Å². The monoisotopic (exact) mass is 181 g/mol. The average Bonchev–Trinajstić information content (AvgIpc) is 2.76. The fraction of sp³-hybridized carbons (Fsp3) is 0.600. The molecule has 1 heterocycles. The second-order valence-corrected chi connectivity index (χ2v) is 4.31. The van der Waals surface area contributed by atoms with Crippen LogP contribution in [-0.4, -0.2) is 13.1 Å². The molecule has 1 aliphatic carbocycles. The number of thiophene rings is 1. The second kappa shape index (κ2) is 4.06. The topological polar surface area (TPSA) is 12.0 Å². The fourth-order valence-corrected chi connectivity index (χ4v) is 2.00. The van der Waals surface area contributed by atoms with Crippen LogP contribution < -0.4 is 5.32 Å². The van der Waals surface area contributed by atoms with Gasteiger partial charge in [0.2, 0.25) is 0 Å². The first-order chi connectivity index (χ1) is 5.95. The van der Waals surface area contributed by atoms with Gasteiger partial charge in [0.25, 0.3) is 0 Å². The minimum Gasteiger partial charge on any atom is -0.316 e. The Kier molecular flexibility index (Phi) is 2.79. The zero-order valence-electron chi connectivity index (χ0n) is 7.25. The van der Waals surface area contributed by atoms with Gasteiger partial charge in [-0.05, 0) is 60.7 Å². The van der Waals surface area contributed by atoms with Gasteiger partial charge in [0.05, 0.1) is 0 Å². The van der Waals surface area contributed by atoms with E-state index in [0.717, 1.165) is 12.5 Å². The van der Waals surface area contributed by atoms with E-state index in [4.69, 9.17) is 0 Å². The smallest absolute Gasteiger partial charge is 0.000794 e. The lowest BCUT2D eigenvalue weighted by atomic mass is 10.2. The van der Waals surface area contributed by atoms with E-state index in [-0.39, 0.29) is 0 Å². The van der Waals surface area contributed by atoms with Crippen LogP contribution in [0.5, 0.6) is 0 Å². The van der Waals surface area contributed by atoms with Gasteiger partial charge in [-0.2, -0.15) is 11.3 Å². The third-order valence-electron chi connectivity index (χ3n) is 2.30. The van der Waals surface area contributed by atoms with Crippen LogP contribution in [0.3, 0.4) is 0 Å². The maximum Gasteiger partial charge on any atom is -0.000794 e. The molecular weight excluding hydrogens is 166 g/mol. The van der Waals surface area contributed by atoms with Crippen molar-refractivity contribution < 1.29 is 0 Å². The Balaban J connectivity index is 1.56. The molecule has 1 nitrogen and oxygen atoms in total. The Hall–Kier alpha value is -0.340. The van der Waals surface area contributed by atoms with Gasteiger partial charge in [-0.3, -0.25) is 0 Å². The SMILES string of the molecule is c1cc(CCNCC2CC2)cs1. The van der Waals surface area contributed by atoms with Crippen molar-refractivity contribution >= 4 is 11.3 Å². The molecule has 66 valence electrons. The molecule has 0 radical (unpaired) electrons. The van der Waals surface area contributed by atoms with Crippen LogP contribution in [0.15, 0.2) is 16.8 Å².